The van der Waals surface area contributed by atoms with Crippen LogP contribution >= 0.6 is 11.6 Å². The Morgan fingerprint density at radius 2 is 1.95 bits per heavy atom. The molecule has 1 fully saturated rings. The molecule has 0 radical (unpaired) electrons. The van der Waals surface area contributed by atoms with E-state index in [4.69, 9.17) is 21.1 Å². The Morgan fingerprint density at radius 3 is 2.50 bits per heavy atom. The van der Waals surface area contributed by atoms with Crippen LogP contribution in [0.4, 0.5) is 0 Å². The molecule has 0 unspecified atom stereocenters. The van der Waals surface area contributed by atoms with Crippen LogP contribution in [0.2, 0.25) is 5.02 Å². The fraction of sp³-hybridized carbons (Fsp3) is 0.500. The molecule has 118 valence electrons. The molecule has 22 heavy (non-hydrogen) atoms. The molecular weight excluding hydrogens is 304 g/mol. The summed E-state index contributed by atoms with van der Waals surface area (Å²) in [6.45, 7) is 0. The van der Waals surface area contributed by atoms with Gasteiger partial charge in [-0.25, -0.2) is 0 Å². The van der Waals surface area contributed by atoms with Gasteiger partial charge in [0.25, 0.3) is 5.91 Å². The summed E-state index contributed by atoms with van der Waals surface area (Å²) < 4.78 is 10.3. The molecular formula is C16H19ClN2O3. The molecule has 0 saturated heterocycles. The van der Waals surface area contributed by atoms with Crippen molar-refractivity contribution in [3.05, 3.63) is 22.7 Å². The topological polar surface area (TPSA) is 71.3 Å². The molecule has 5 nitrogen and oxygen atoms in total. The lowest BCUT2D eigenvalue weighted by atomic mass is 9.82. The van der Waals surface area contributed by atoms with E-state index in [1.165, 1.54) is 20.3 Å². The van der Waals surface area contributed by atoms with Crippen molar-refractivity contribution in [2.45, 2.75) is 37.6 Å². The summed E-state index contributed by atoms with van der Waals surface area (Å²) in [6, 6.07) is 5.35. The number of carbonyl (C=O) groups excluding carboxylic acids is 1. The quantitative estimate of drug-likeness (QED) is 0.923. The van der Waals surface area contributed by atoms with E-state index in [0.29, 0.717) is 34.9 Å². The van der Waals surface area contributed by atoms with Crippen LogP contribution in [0.15, 0.2) is 12.1 Å². The van der Waals surface area contributed by atoms with E-state index in [-0.39, 0.29) is 5.91 Å². The van der Waals surface area contributed by atoms with Gasteiger partial charge >= 0.3 is 0 Å². The van der Waals surface area contributed by atoms with Gasteiger partial charge in [0.15, 0.2) is 11.5 Å². The van der Waals surface area contributed by atoms with Gasteiger partial charge < -0.3 is 14.8 Å². The van der Waals surface area contributed by atoms with Crippen LogP contribution in [-0.4, -0.2) is 25.7 Å². The Labute approximate surface area is 135 Å². The molecule has 1 aliphatic rings. The number of nitrogens with zero attached hydrogens (tertiary/aromatic N) is 1. The van der Waals surface area contributed by atoms with Crippen LogP contribution in [-0.2, 0) is 0 Å². The van der Waals surface area contributed by atoms with Gasteiger partial charge in [-0.1, -0.05) is 30.9 Å². The zero-order chi connectivity index (χ0) is 16.2. The smallest absolute Gasteiger partial charge is 0.252 e. The van der Waals surface area contributed by atoms with E-state index in [1.807, 2.05) is 0 Å². The van der Waals surface area contributed by atoms with Crippen LogP contribution in [0, 0.1) is 11.3 Å². The van der Waals surface area contributed by atoms with E-state index in [2.05, 4.69) is 11.4 Å². The lowest BCUT2D eigenvalue weighted by Gasteiger charge is -2.31. The highest BCUT2D eigenvalue weighted by Crippen LogP contribution is 2.36. The fourth-order valence-corrected chi connectivity index (χ4v) is 3.05. The normalized spacial score (nSPS) is 16.5. The number of hydrogen-bond donors (Lipinski definition) is 1. The van der Waals surface area contributed by atoms with Gasteiger partial charge in [-0.05, 0) is 25.0 Å². The summed E-state index contributed by atoms with van der Waals surface area (Å²) in [7, 11) is 2.96. The fourth-order valence-electron chi connectivity index (χ4n) is 2.76. The number of nitriles is 1. The van der Waals surface area contributed by atoms with Crippen molar-refractivity contribution in [1.29, 1.82) is 5.26 Å². The molecule has 1 aromatic rings. The number of amides is 1. The van der Waals surface area contributed by atoms with Crippen LogP contribution in [0.5, 0.6) is 11.5 Å². The molecule has 0 spiro atoms. The average molecular weight is 323 g/mol. The van der Waals surface area contributed by atoms with E-state index in [0.717, 1.165) is 19.3 Å². The van der Waals surface area contributed by atoms with Gasteiger partial charge in [-0.2, -0.15) is 5.26 Å². The second kappa shape index (κ2) is 6.89. The minimum atomic E-state index is -0.783. The first kappa shape index (κ1) is 16.4. The average Bonchev–Trinajstić information content (AvgIpc) is 2.54. The van der Waals surface area contributed by atoms with Crippen molar-refractivity contribution < 1.29 is 14.3 Å². The van der Waals surface area contributed by atoms with Crippen molar-refractivity contribution in [1.82, 2.24) is 5.32 Å². The lowest BCUT2D eigenvalue weighted by molar-refractivity contribution is 0.0902. The highest BCUT2D eigenvalue weighted by atomic mass is 35.5. The molecule has 0 aliphatic heterocycles. The van der Waals surface area contributed by atoms with Gasteiger partial charge in [0.1, 0.15) is 5.54 Å². The van der Waals surface area contributed by atoms with Gasteiger partial charge in [-0.3, -0.25) is 4.79 Å². The maximum atomic E-state index is 12.5. The number of carbonyl (C=O) groups is 1. The van der Waals surface area contributed by atoms with Crippen molar-refractivity contribution in [2.24, 2.45) is 0 Å². The largest absolute Gasteiger partial charge is 0.493 e. The van der Waals surface area contributed by atoms with Crippen molar-refractivity contribution in [2.75, 3.05) is 14.2 Å². The van der Waals surface area contributed by atoms with Crippen LogP contribution < -0.4 is 14.8 Å². The number of rotatable bonds is 4. The summed E-state index contributed by atoms with van der Waals surface area (Å²) in [5, 5.41) is 12.6. The molecule has 1 saturated carbocycles. The van der Waals surface area contributed by atoms with Crippen molar-refractivity contribution in [3.63, 3.8) is 0 Å². The molecule has 1 N–H and O–H groups in total. The van der Waals surface area contributed by atoms with E-state index in [9.17, 15) is 10.1 Å². The van der Waals surface area contributed by atoms with Crippen LogP contribution in [0.25, 0.3) is 0 Å². The first-order valence-corrected chi connectivity index (χ1v) is 7.58. The lowest BCUT2D eigenvalue weighted by Crippen LogP contribution is -2.48. The molecule has 2 rings (SSSR count). The highest BCUT2D eigenvalue weighted by Gasteiger charge is 2.34. The summed E-state index contributed by atoms with van der Waals surface area (Å²) >= 11 is 6.12. The molecule has 6 heteroatoms. The van der Waals surface area contributed by atoms with E-state index >= 15 is 0 Å². The number of ether oxygens (including phenoxy) is 2. The third-order valence-corrected chi connectivity index (χ3v) is 4.25. The van der Waals surface area contributed by atoms with Gasteiger partial charge in [0.2, 0.25) is 0 Å². The van der Waals surface area contributed by atoms with Crippen molar-refractivity contribution >= 4 is 17.5 Å². The predicted octanol–water partition coefficient (Wildman–Crippen LogP) is 3.31. The summed E-state index contributed by atoms with van der Waals surface area (Å²) in [4.78, 5) is 12.5. The first-order valence-electron chi connectivity index (χ1n) is 7.20. The predicted molar refractivity (Wildman–Crippen MR) is 83.5 cm³/mol. The summed E-state index contributed by atoms with van der Waals surface area (Å²) in [5.74, 6) is 0.439. The van der Waals surface area contributed by atoms with Crippen molar-refractivity contribution in [3.8, 4) is 17.6 Å². The molecule has 1 aromatic carbocycles. The Hall–Kier alpha value is -1.93. The maximum absolute atomic E-state index is 12.5. The molecule has 0 bridgehead atoms. The van der Waals surface area contributed by atoms with Gasteiger partial charge in [0, 0.05) is 5.56 Å². The Morgan fingerprint density at radius 1 is 1.27 bits per heavy atom. The van der Waals surface area contributed by atoms with Crippen LogP contribution in [0.1, 0.15) is 42.5 Å². The monoisotopic (exact) mass is 322 g/mol. The Bertz CT molecular complexity index is 604. The number of nitrogens with one attached hydrogen (secondary N) is 1. The van der Waals surface area contributed by atoms with Gasteiger partial charge in [0.05, 0.1) is 25.3 Å². The number of methoxy groups -OCH3 is 2. The summed E-state index contributed by atoms with van der Waals surface area (Å²) in [5.41, 5.74) is -0.433. The first-order chi connectivity index (χ1) is 10.5. The number of hydrogen-bond acceptors (Lipinski definition) is 4. The van der Waals surface area contributed by atoms with E-state index in [1.54, 1.807) is 6.07 Å². The minimum Gasteiger partial charge on any atom is -0.493 e. The molecule has 0 heterocycles. The second-order valence-corrected chi connectivity index (χ2v) is 5.81. The standard InChI is InChI=1S/C16H19ClN2O3/c1-21-13-9-11(8-12(17)14(13)22-2)15(20)19-16(10-18)6-4-3-5-7-16/h8-9H,3-7H2,1-2H3,(H,19,20). The second-order valence-electron chi connectivity index (χ2n) is 5.40. The molecule has 0 atom stereocenters. The third-order valence-electron chi connectivity index (χ3n) is 3.97. The minimum absolute atomic E-state index is 0.293. The zero-order valence-corrected chi connectivity index (χ0v) is 13.5. The summed E-state index contributed by atoms with van der Waals surface area (Å²) in [6.07, 6.45) is 4.34. The SMILES string of the molecule is COc1cc(C(=O)NC2(C#N)CCCCC2)cc(Cl)c1OC. The van der Waals surface area contributed by atoms with E-state index < -0.39 is 5.54 Å². The maximum Gasteiger partial charge on any atom is 0.252 e. The number of benzene rings is 1. The van der Waals surface area contributed by atoms with Crippen LogP contribution in [0.3, 0.4) is 0 Å². The third kappa shape index (κ3) is 3.28. The van der Waals surface area contributed by atoms with Gasteiger partial charge in [-0.15, -0.1) is 0 Å². The zero-order valence-electron chi connectivity index (χ0n) is 12.7. The Balaban J connectivity index is 2.26. The molecule has 0 aromatic heterocycles. The molecule has 1 aliphatic carbocycles. The number of halogens is 1. The molecule has 1 amide bonds. The highest BCUT2D eigenvalue weighted by molar-refractivity contribution is 6.32. The Kier molecular flexibility index (Phi) is 5.15.